The third-order valence-electron chi connectivity index (χ3n) is 7.94. The lowest BCUT2D eigenvalue weighted by atomic mass is 9.55. The van der Waals surface area contributed by atoms with Crippen molar-refractivity contribution in [2.75, 3.05) is 0 Å². The molecule has 8 nitrogen and oxygen atoms in total. The van der Waals surface area contributed by atoms with Crippen LogP contribution in [0.2, 0.25) is 0 Å². The monoisotopic (exact) mass is 448 g/mol. The molecule has 4 aliphatic rings. The molecule has 2 aliphatic heterocycles. The Balaban J connectivity index is 1.89. The maximum absolute atomic E-state index is 12.4. The van der Waals surface area contributed by atoms with Crippen LogP contribution >= 0.6 is 0 Å². The van der Waals surface area contributed by atoms with Crippen molar-refractivity contribution in [1.29, 1.82) is 0 Å². The number of esters is 3. The van der Waals surface area contributed by atoms with Crippen molar-refractivity contribution >= 4 is 17.9 Å². The molecule has 8 heteroatoms. The molecule has 0 aromatic heterocycles. The number of fused-ring (bicyclic) bond motifs is 4. The highest BCUT2D eigenvalue weighted by molar-refractivity contribution is 5.92. The molecular weight excluding hydrogens is 416 g/mol. The minimum Gasteiger partial charge on any atom is -0.462 e. The highest BCUT2D eigenvalue weighted by Gasteiger charge is 2.72. The number of aliphatic hydroxyl groups is 1. The maximum atomic E-state index is 12.4. The van der Waals surface area contributed by atoms with Crippen LogP contribution in [0.3, 0.4) is 0 Å². The summed E-state index contributed by atoms with van der Waals surface area (Å²) in [6.07, 6.45) is 2.08. The van der Waals surface area contributed by atoms with E-state index in [9.17, 15) is 19.5 Å². The Kier molecular flexibility index (Phi) is 5.33. The molecule has 0 amide bonds. The summed E-state index contributed by atoms with van der Waals surface area (Å²) in [5.41, 5.74) is 0.260. The molecule has 1 saturated heterocycles. The minimum absolute atomic E-state index is 0.129. The third kappa shape index (κ3) is 3.48. The van der Waals surface area contributed by atoms with Gasteiger partial charge in [0.1, 0.15) is 12.2 Å². The molecular formula is C24H32O8. The first-order valence-corrected chi connectivity index (χ1v) is 11.2. The van der Waals surface area contributed by atoms with E-state index in [4.69, 9.17) is 18.9 Å². The van der Waals surface area contributed by atoms with E-state index in [-0.39, 0.29) is 18.4 Å². The second-order valence-electron chi connectivity index (χ2n) is 10.1. The zero-order valence-electron chi connectivity index (χ0n) is 19.5. The lowest BCUT2D eigenvalue weighted by Crippen LogP contribution is -2.59. The molecule has 7 atom stereocenters. The molecule has 0 aromatic carbocycles. The smallest absolute Gasteiger partial charge is 0.336 e. The molecule has 2 fully saturated rings. The highest BCUT2D eigenvalue weighted by Crippen LogP contribution is 2.63. The average molecular weight is 449 g/mol. The largest absolute Gasteiger partial charge is 0.462 e. The van der Waals surface area contributed by atoms with Crippen molar-refractivity contribution in [3.8, 4) is 0 Å². The first-order chi connectivity index (χ1) is 14.8. The van der Waals surface area contributed by atoms with Gasteiger partial charge in [-0.1, -0.05) is 12.5 Å². The van der Waals surface area contributed by atoms with Crippen LogP contribution in [0, 0.1) is 11.3 Å². The maximum Gasteiger partial charge on any atom is 0.336 e. The molecule has 4 rings (SSSR count). The highest BCUT2D eigenvalue weighted by atomic mass is 16.7. The van der Waals surface area contributed by atoms with E-state index in [1.54, 1.807) is 13.0 Å². The summed E-state index contributed by atoms with van der Waals surface area (Å²) in [6.45, 7) is 10.2. The molecule has 0 bridgehead atoms. The van der Waals surface area contributed by atoms with Crippen LogP contribution in [0.5, 0.6) is 0 Å². The zero-order valence-corrected chi connectivity index (χ0v) is 19.5. The van der Waals surface area contributed by atoms with Crippen LogP contribution in [0.1, 0.15) is 67.2 Å². The molecule has 0 radical (unpaired) electrons. The fourth-order valence-corrected chi connectivity index (χ4v) is 6.13. The number of rotatable bonds is 2. The van der Waals surface area contributed by atoms with E-state index in [0.29, 0.717) is 30.4 Å². The number of allylic oxidation sites excluding steroid dienone is 1. The Labute approximate surface area is 187 Å². The summed E-state index contributed by atoms with van der Waals surface area (Å²) in [6, 6.07) is 0. The van der Waals surface area contributed by atoms with Crippen molar-refractivity contribution in [3.05, 3.63) is 22.8 Å². The predicted octanol–water partition coefficient (Wildman–Crippen LogP) is 2.73. The van der Waals surface area contributed by atoms with Crippen LogP contribution in [0.4, 0.5) is 0 Å². The Morgan fingerprint density at radius 1 is 1.12 bits per heavy atom. The summed E-state index contributed by atoms with van der Waals surface area (Å²) < 4.78 is 23.2. The number of epoxide rings is 1. The predicted molar refractivity (Wildman–Crippen MR) is 112 cm³/mol. The van der Waals surface area contributed by atoms with Crippen LogP contribution in [0.25, 0.3) is 0 Å². The second-order valence-corrected chi connectivity index (χ2v) is 10.1. The summed E-state index contributed by atoms with van der Waals surface area (Å²) >= 11 is 0. The van der Waals surface area contributed by atoms with E-state index in [1.165, 1.54) is 13.8 Å². The molecule has 1 N–H and O–H groups in total. The normalized spacial score (nSPS) is 44.8. The Morgan fingerprint density at radius 3 is 2.38 bits per heavy atom. The van der Waals surface area contributed by atoms with E-state index < -0.39 is 46.9 Å². The number of hydrogen-bond donors (Lipinski definition) is 1. The third-order valence-corrected chi connectivity index (χ3v) is 7.94. The molecule has 32 heavy (non-hydrogen) atoms. The summed E-state index contributed by atoms with van der Waals surface area (Å²) in [4.78, 5) is 36.6. The zero-order chi connectivity index (χ0) is 23.6. The molecule has 2 aliphatic carbocycles. The summed E-state index contributed by atoms with van der Waals surface area (Å²) in [7, 11) is 0. The van der Waals surface area contributed by atoms with Crippen molar-refractivity contribution in [3.63, 3.8) is 0 Å². The SMILES string of the molecule is CC(=O)O[C@H]1CC/C(C)=C\[C@]2(O)OC(=O)C(C)=C2C[C@H]2[C@]3(C)O[C@@H]3C[C@H](OC(C)=O)[C@]12C. The van der Waals surface area contributed by atoms with Crippen LogP contribution < -0.4 is 0 Å². The van der Waals surface area contributed by atoms with Gasteiger partial charge in [0.25, 0.3) is 5.79 Å². The number of hydrogen-bond acceptors (Lipinski definition) is 8. The fraction of sp³-hybridized carbons (Fsp3) is 0.708. The second kappa shape index (κ2) is 7.42. The van der Waals surface area contributed by atoms with Gasteiger partial charge in [-0.25, -0.2) is 4.79 Å². The van der Waals surface area contributed by atoms with Crippen LogP contribution in [-0.4, -0.2) is 52.7 Å². The van der Waals surface area contributed by atoms with Gasteiger partial charge in [-0.15, -0.1) is 0 Å². The van der Waals surface area contributed by atoms with Crippen LogP contribution in [-0.2, 0) is 33.3 Å². The summed E-state index contributed by atoms with van der Waals surface area (Å²) in [5.74, 6) is -3.52. The van der Waals surface area contributed by atoms with Crippen molar-refractivity contribution < 1.29 is 38.4 Å². The lowest BCUT2D eigenvalue weighted by molar-refractivity contribution is -0.190. The Morgan fingerprint density at radius 2 is 1.75 bits per heavy atom. The van der Waals surface area contributed by atoms with Gasteiger partial charge in [-0.3, -0.25) is 9.59 Å². The molecule has 0 aromatic rings. The standard InChI is InChI=1S/C24H32O8/c1-12-7-8-18(29-14(3)25)22(5)17(9-16-13(2)21(27)32-24(16,28)11-12)23(6)20(31-23)10-19(22)30-15(4)26/h11,17-20,28H,7-10H2,1-6H3/b12-11-/t17-,18+,19+,20-,22+,23+,24+/m1/s1. The lowest BCUT2D eigenvalue weighted by Gasteiger charge is -2.51. The quantitative estimate of drug-likeness (QED) is 0.297. The fourth-order valence-electron chi connectivity index (χ4n) is 6.13. The van der Waals surface area contributed by atoms with Gasteiger partial charge in [-0.05, 0) is 46.1 Å². The molecule has 0 spiro atoms. The van der Waals surface area contributed by atoms with Gasteiger partial charge in [-0.2, -0.15) is 0 Å². The van der Waals surface area contributed by atoms with Gasteiger partial charge in [0, 0.05) is 42.7 Å². The Bertz CT molecular complexity index is 934. The van der Waals surface area contributed by atoms with E-state index in [2.05, 4.69) is 0 Å². The molecule has 176 valence electrons. The van der Waals surface area contributed by atoms with Crippen molar-refractivity contribution in [2.24, 2.45) is 11.3 Å². The van der Waals surface area contributed by atoms with E-state index in [1.807, 2.05) is 20.8 Å². The van der Waals surface area contributed by atoms with E-state index in [0.717, 1.165) is 5.57 Å². The Hall–Kier alpha value is -2.19. The molecule has 2 heterocycles. The van der Waals surface area contributed by atoms with Gasteiger partial charge in [0.05, 0.1) is 11.7 Å². The van der Waals surface area contributed by atoms with Gasteiger partial charge < -0.3 is 24.1 Å². The van der Waals surface area contributed by atoms with Gasteiger partial charge >= 0.3 is 17.9 Å². The first-order valence-electron chi connectivity index (χ1n) is 11.2. The number of ether oxygens (including phenoxy) is 4. The van der Waals surface area contributed by atoms with Crippen LogP contribution in [0.15, 0.2) is 22.8 Å². The van der Waals surface area contributed by atoms with Gasteiger partial charge in [0.15, 0.2) is 0 Å². The van der Waals surface area contributed by atoms with Crippen molar-refractivity contribution in [2.45, 2.75) is 96.9 Å². The topological polar surface area (TPSA) is 112 Å². The number of carbonyl (C=O) groups excluding carboxylic acids is 3. The molecule has 0 unspecified atom stereocenters. The first kappa shape index (κ1) is 23.0. The van der Waals surface area contributed by atoms with Gasteiger partial charge in [0.2, 0.25) is 0 Å². The summed E-state index contributed by atoms with van der Waals surface area (Å²) in [5, 5.41) is 11.3. The van der Waals surface area contributed by atoms with Crippen molar-refractivity contribution in [1.82, 2.24) is 0 Å². The average Bonchev–Trinajstić information content (AvgIpc) is 3.27. The molecule has 1 saturated carbocycles. The number of carbonyl (C=O) groups is 3. The minimum atomic E-state index is -1.82. The van der Waals surface area contributed by atoms with E-state index >= 15 is 0 Å².